The average Bonchev–Trinajstić information content (AvgIpc) is 3.93. The third-order valence-electron chi connectivity index (χ3n) is 10.9. The molecule has 0 spiro atoms. The Morgan fingerprint density at radius 3 is 1.37 bits per heavy atom. The van der Waals surface area contributed by atoms with Gasteiger partial charge >= 0.3 is 0 Å². The largest absolute Gasteiger partial charge is 0.357 e. The van der Waals surface area contributed by atoms with E-state index in [1.807, 2.05) is 88.4 Å². The molecule has 0 amide bonds. The number of hydrogen-bond acceptors (Lipinski definition) is 4. The third kappa shape index (κ3) is 4.92. The van der Waals surface area contributed by atoms with Crippen LogP contribution >= 0.6 is 0 Å². The predicted molar refractivity (Wildman–Crippen MR) is 207 cm³/mol. The molecular weight excluding hydrogens is 652 g/mol. The van der Waals surface area contributed by atoms with Gasteiger partial charge in [0.1, 0.15) is 21.4 Å². The Morgan fingerprint density at radius 2 is 0.981 bits per heavy atom. The molecule has 0 saturated carbocycles. The van der Waals surface area contributed by atoms with Crippen molar-refractivity contribution in [2.75, 3.05) is 0 Å². The molecule has 52 heavy (non-hydrogen) atoms. The molecule has 2 aromatic carbocycles. The lowest BCUT2D eigenvalue weighted by atomic mass is 9.86. The summed E-state index contributed by atoms with van der Waals surface area (Å²) in [7, 11) is 0. The Labute approximate surface area is 297 Å². The summed E-state index contributed by atoms with van der Waals surface area (Å²) >= 11 is 0. The molecule has 8 rings (SSSR count). The molecule has 2 aliphatic rings. The predicted octanol–water partition coefficient (Wildman–Crippen LogP) is 2.74. The molecule has 2 aliphatic heterocycles. The molecule has 0 bridgehead atoms. The second kappa shape index (κ2) is 11.7. The fourth-order valence-corrected chi connectivity index (χ4v) is 7.84. The van der Waals surface area contributed by atoms with Gasteiger partial charge in [0.05, 0.1) is 0 Å². The number of nitrogens with one attached hydrogen (secondary N) is 4. The topological polar surface area (TPSA) is 141 Å². The Bertz CT molecular complexity index is 2840. The molecule has 262 valence electrons. The van der Waals surface area contributed by atoms with Crippen molar-refractivity contribution >= 4 is 45.1 Å². The lowest BCUT2D eigenvalue weighted by Crippen LogP contribution is -2.53. The van der Waals surface area contributed by atoms with Gasteiger partial charge in [0.2, 0.25) is 0 Å². The van der Waals surface area contributed by atoms with Gasteiger partial charge in [0.25, 0.3) is 22.2 Å². The zero-order chi connectivity index (χ0) is 36.7. The Hall–Kier alpha value is -6.16. The van der Waals surface area contributed by atoms with Gasteiger partial charge in [0.15, 0.2) is 0 Å². The fraction of sp³-hybridized carbons (Fsp3) is 0.238. The molecule has 4 aromatic heterocycles. The molecule has 10 heteroatoms. The zero-order valence-corrected chi connectivity index (χ0v) is 29.7. The molecule has 10 nitrogen and oxygen atoms in total. The van der Waals surface area contributed by atoms with Gasteiger partial charge in [-0.2, -0.15) is 0 Å². The molecular formula is C42H40N6O4. The van der Waals surface area contributed by atoms with Crippen LogP contribution in [0.2, 0.25) is 0 Å². The highest BCUT2D eigenvalue weighted by Gasteiger charge is 2.28. The smallest absolute Gasteiger partial charge is 0.274 e. The van der Waals surface area contributed by atoms with Crippen molar-refractivity contribution in [2.24, 2.45) is 0 Å². The van der Waals surface area contributed by atoms with Crippen molar-refractivity contribution in [1.82, 2.24) is 29.1 Å². The van der Waals surface area contributed by atoms with Crippen molar-refractivity contribution < 1.29 is 0 Å². The van der Waals surface area contributed by atoms with Crippen molar-refractivity contribution in [3.05, 3.63) is 159 Å². The summed E-state index contributed by atoms with van der Waals surface area (Å²) in [5, 5.41) is 2.65. The highest BCUT2D eigenvalue weighted by atomic mass is 16.2. The lowest BCUT2D eigenvalue weighted by molar-refractivity contribution is 0.650. The number of nitrogens with zero attached hydrogens (tertiary/aromatic N) is 2. The van der Waals surface area contributed by atoms with E-state index in [2.05, 4.69) is 33.1 Å². The highest BCUT2D eigenvalue weighted by molar-refractivity contribution is 5.92. The van der Waals surface area contributed by atoms with E-state index in [4.69, 9.17) is 0 Å². The molecule has 6 heterocycles. The van der Waals surface area contributed by atoms with Crippen molar-refractivity contribution in [3.8, 4) is 0 Å². The van der Waals surface area contributed by atoms with Gasteiger partial charge in [-0.05, 0) is 48.3 Å². The van der Waals surface area contributed by atoms with E-state index in [1.54, 1.807) is 12.2 Å². The minimum absolute atomic E-state index is 0.170. The summed E-state index contributed by atoms with van der Waals surface area (Å²) in [6, 6.07) is 15.7. The van der Waals surface area contributed by atoms with E-state index >= 15 is 0 Å². The molecule has 0 unspecified atom stereocenters. The van der Waals surface area contributed by atoms with Gasteiger partial charge in [-0.15, -0.1) is 13.2 Å². The van der Waals surface area contributed by atoms with E-state index in [0.717, 1.165) is 44.3 Å². The molecule has 0 atom stereocenters. The minimum Gasteiger partial charge on any atom is -0.357 e. The van der Waals surface area contributed by atoms with Crippen LogP contribution in [0.1, 0.15) is 63.1 Å². The van der Waals surface area contributed by atoms with Crippen LogP contribution in [0.4, 0.5) is 0 Å². The SMILES string of the molecule is C=CC(C)(C)c1[nH]c2ccccc2c1C=c1[nH]c(=O)c2n(c1=O)CCC=2C1=c2c(=O)[nH]c(=Cc3c(C(C)(C)C=C)[nH]c4ccccc34)c(=O)n2CC1. The molecule has 0 saturated heterocycles. The summed E-state index contributed by atoms with van der Waals surface area (Å²) in [5.74, 6) is 0. The van der Waals surface area contributed by atoms with Crippen molar-refractivity contribution in [3.63, 3.8) is 0 Å². The van der Waals surface area contributed by atoms with Gasteiger partial charge < -0.3 is 29.1 Å². The van der Waals surface area contributed by atoms with Gasteiger partial charge in [-0.3, -0.25) is 19.2 Å². The number of para-hydroxylation sites is 2. The number of H-pyrrole nitrogens is 4. The summed E-state index contributed by atoms with van der Waals surface area (Å²) in [6.45, 7) is 16.7. The standard InChI is InChI=1S/C42H40N6O4/c1-7-41(3,4)35-27(23-13-9-11-15-29(23)43-35)21-31-39(51)47-19-17-25(33(47)37(49)45-31)26-18-20-48-34(26)38(50)46-32(40(48)52)22-28-24-14-10-12-16-30(24)44-36(28)42(5,6)8-2/h7-16,21-22,43-44H,1-2,17-20H2,3-6H3,(H,45,49)(H,46,50). The average molecular weight is 693 g/mol. The number of benzene rings is 2. The van der Waals surface area contributed by atoms with Crippen LogP contribution in [0.5, 0.6) is 0 Å². The fourth-order valence-electron chi connectivity index (χ4n) is 7.84. The first kappa shape index (κ1) is 33.0. The highest BCUT2D eigenvalue weighted by Crippen LogP contribution is 2.34. The van der Waals surface area contributed by atoms with Crippen LogP contribution in [0.15, 0.2) is 93.0 Å². The summed E-state index contributed by atoms with van der Waals surface area (Å²) in [6.07, 6.45) is 7.95. The number of aromatic amines is 4. The van der Waals surface area contributed by atoms with Crippen LogP contribution in [-0.4, -0.2) is 29.1 Å². The number of fused-ring (bicyclic) bond motifs is 4. The first-order valence-corrected chi connectivity index (χ1v) is 17.5. The second-order valence-electron chi connectivity index (χ2n) is 14.9. The van der Waals surface area contributed by atoms with E-state index in [9.17, 15) is 19.2 Å². The van der Waals surface area contributed by atoms with Crippen molar-refractivity contribution in [1.29, 1.82) is 0 Å². The molecule has 0 aliphatic carbocycles. The Morgan fingerprint density at radius 1 is 0.596 bits per heavy atom. The normalized spacial score (nSPS) is 15.2. The maximum Gasteiger partial charge on any atom is 0.274 e. The van der Waals surface area contributed by atoms with E-state index in [-0.39, 0.29) is 45.6 Å². The summed E-state index contributed by atoms with van der Waals surface area (Å²) < 4.78 is 2.99. The van der Waals surface area contributed by atoms with E-state index in [1.165, 1.54) is 9.13 Å². The van der Waals surface area contributed by atoms with Gasteiger partial charge in [-0.1, -0.05) is 76.2 Å². The first-order valence-electron chi connectivity index (χ1n) is 17.5. The summed E-state index contributed by atoms with van der Waals surface area (Å²) in [4.78, 5) is 68.4. The Kier molecular flexibility index (Phi) is 7.42. The van der Waals surface area contributed by atoms with E-state index in [0.29, 0.717) is 24.0 Å². The van der Waals surface area contributed by atoms with Crippen LogP contribution in [0.3, 0.4) is 0 Å². The number of hydrogen-bond donors (Lipinski definition) is 4. The summed E-state index contributed by atoms with van der Waals surface area (Å²) in [5.41, 5.74) is 4.06. The monoisotopic (exact) mass is 692 g/mol. The van der Waals surface area contributed by atoms with Gasteiger partial charge in [0, 0.05) is 68.2 Å². The number of aromatic nitrogens is 6. The Balaban J connectivity index is 1.33. The van der Waals surface area contributed by atoms with E-state index < -0.39 is 21.9 Å². The maximum atomic E-state index is 14.0. The molecule has 0 fully saturated rings. The molecule has 6 aromatic rings. The van der Waals surface area contributed by atoms with Gasteiger partial charge in [-0.25, -0.2) is 0 Å². The van der Waals surface area contributed by atoms with Crippen LogP contribution < -0.4 is 43.6 Å². The van der Waals surface area contributed by atoms with Crippen LogP contribution in [0.25, 0.3) is 45.1 Å². The second-order valence-corrected chi connectivity index (χ2v) is 14.9. The minimum atomic E-state index is -0.436. The molecule has 0 radical (unpaired) electrons. The quantitative estimate of drug-likeness (QED) is 0.191. The molecule has 4 N–H and O–H groups in total. The first-order chi connectivity index (χ1) is 24.8. The number of rotatable bonds is 7. The zero-order valence-electron chi connectivity index (χ0n) is 29.7. The van der Waals surface area contributed by atoms with Crippen LogP contribution in [-0.2, 0) is 23.9 Å². The van der Waals surface area contributed by atoms with Crippen molar-refractivity contribution in [2.45, 2.75) is 64.5 Å². The maximum absolute atomic E-state index is 14.0. The third-order valence-corrected chi connectivity index (χ3v) is 10.9. The number of allylic oxidation sites excluding steroid dienone is 2. The lowest BCUT2D eigenvalue weighted by Gasteiger charge is -2.19. The van der Waals surface area contributed by atoms with Crippen LogP contribution in [0, 0.1) is 0 Å².